The molecule has 1 saturated heterocycles. The van der Waals surface area contributed by atoms with Crippen molar-refractivity contribution >= 4 is 11.7 Å². The number of nitrogens with zero attached hydrogens (tertiary/aromatic N) is 3. The zero-order valence-electron chi connectivity index (χ0n) is 15.5. The SMILES string of the molecule is Cc1ccc(-c2ccc(N3CCC[C@H](C(=O)NC4CC4)C3)nn2)cc1C. The van der Waals surface area contributed by atoms with E-state index < -0.39 is 0 Å². The highest BCUT2D eigenvalue weighted by molar-refractivity contribution is 5.80. The number of hydrogen-bond donors (Lipinski definition) is 1. The highest BCUT2D eigenvalue weighted by Gasteiger charge is 2.30. The molecule has 0 unspecified atom stereocenters. The summed E-state index contributed by atoms with van der Waals surface area (Å²) in [7, 11) is 0. The number of aromatic nitrogens is 2. The second kappa shape index (κ2) is 7.06. The average Bonchev–Trinajstić information content (AvgIpc) is 3.48. The van der Waals surface area contributed by atoms with Gasteiger partial charge in [0.15, 0.2) is 5.82 Å². The fourth-order valence-corrected chi connectivity index (χ4v) is 3.49. The lowest BCUT2D eigenvalue weighted by Gasteiger charge is -2.32. The van der Waals surface area contributed by atoms with Gasteiger partial charge in [0, 0.05) is 24.7 Å². The third kappa shape index (κ3) is 3.71. The molecule has 0 radical (unpaired) electrons. The summed E-state index contributed by atoms with van der Waals surface area (Å²) in [6.07, 6.45) is 4.24. The van der Waals surface area contributed by atoms with Crippen LogP contribution in [0.1, 0.15) is 36.8 Å². The zero-order chi connectivity index (χ0) is 18.1. The summed E-state index contributed by atoms with van der Waals surface area (Å²) in [6.45, 7) is 5.89. The highest BCUT2D eigenvalue weighted by atomic mass is 16.2. The molecule has 1 aliphatic heterocycles. The summed E-state index contributed by atoms with van der Waals surface area (Å²) < 4.78 is 0. The van der Waals surface area contributed by atoms with E-state index in [1.807, 2.05) is 12.1 Å². The van der Waals surface area contributed by atoms with Gasteiger partial charge in [0.25, 0.3) is 0 Å². The summed E-state index contributed by atoms with van der Waals surface area (Å²) in [4.78, 5) is 14.5. The molecule has 1 amide bonds. The van der Waals surface area contributed by atoms with Crippen LogP contribution in [0.25, 0.3) is 11.3 Å². The Bertz CT molecular complexity index is 798. The van der Waals surface area contributed by atoms with E-state index in [1.54, 1.807) is 0 Å². The van der Waals surface area contributed by atoms with Crippen molar-refractivity contribution in [3.05, 3.63) is 41.5 Å². The number of aryl methyl sites for hydroxylation is 2. The molecule has 1 saturated carbocycles. The normalized spacial score (nSPS) is 20.1. The Labute approximate surface area is 154 Å². The number of benzene rings is 1. The maximum atomic E-state index is 12.4. The molecule has 2 fully saturated rings. The fraction of sp³-hybridized carbons (Fsp3) is 0.476. The minimum absolute atomic E-state index is 0.0607. The number of carbonyl (C=O) groups excluding carboxylic acids is 1. The number of hydrogen-bond acceptors (Lipinski definition) is 4. The van der Waals surface area contributed by atoms with Crippen LogP contribution in [0.15, 0.2) is 30.3 Å². The zero-order valence-corrected chi connectivity index (χ0v) is 15.5. The van der Waals surface area contributed by atoms with Gasteiger partial charge in [-0.15, -0.1) is 10.2 Å². The molecule has 5 heteroatoms. The van der Waals surface area contributed by atoms with Crippen molar-refractivity contribution in [2.45, 2.75) is 45.6 Å². The molecular formula is C21H26N4O. The molecule has 2 heterocycles. The second-order valence-corrected chi connectivity index (χ2v) is 7.64. The molecule has 4 rings (SSSR count). The van der Waals surface area contributed by atoms with E-state index in [-0.39, 0.29) is 11.8 Å². The smallest absolute Gasteiger partial charge is 0.225 e. The lowest BCUT2D eigenvalue weighted by Crippen LogP contribution is -2.44. The van der Waals surface area contributed by atoms with Crippen molar-refractivity contribution in [3.8, 4) is 11.3 Å². The lowest BCUT2D eigenvalue weighted by atomic mass is 9.97. The van der Waals surface area contributed by atoms with Crippen LogP contribution < -0.4 is 10.2 Å². The molecule has 1 atom stereocenters. The summed E-state index contributed by atoms with van der Waals surface area (Å²) in [5, 5.41) is 12.0. The maximum absolute atomic E-state index is 12.4. The van der Waals surface area contributed by atoms with E-state index in [2.05, 4.69) is 52.5 Å². The number of nitrogens with one attached hydrogen (secondary N) is 1. The predicted octanol–water partition coefficient (Wildman–Crippen LogP) is 3.26. The molecule has 2 aromatic rings. The fourth-order valence-electron chi connectivity index (χ4n) is 3.49. The Kier molecular flexibility index (Phi) is 4.62. The van der Waals surface area contributed by atoms with Gasteiger partial charge in [-0.25, -0.2) is 0 Å². The standard InChI is InChI=1S/C21H26N4O/c1-14-5-6-16(12-15(14)2)19-9-10-20(24-23-19)25-11-3-4-17(13-25)21(26)22-18-7-8-18/h5-6,9-10,12,17-18H,3-4,7-8,11,13H2,1-2H3,(H,22,26)/t17-/m0/s1. The summed E-state index contributed by atoms with van der Waals surface area (Å²) in [5.41, 5.74) is 4.51. The predicted molar refractivity (Wildman–Crippen MR) is 103 cm³/mol. The van der Waals surface area contributed by atoms with E-state index in [0.717, 1.165) is 55.8 Å². The minimum atomic E-state index is 0.0607. The van der Waals surface area contributed by atoms with Crippen LogP contribution in [0.3, 0.4) is 0 Å². The van der Waals surface area contributed by atoms with Crippen LogP contribution in [0.2, 0.25) is 0 Å². The van der Waals surface area contributed by atoms with E-state index in [4.69, 9.17) is 0 Å². The molecule has 1 aromatic carbocycles. The van der Waals surface area contributed by atoms with Crippen LogP contribution in [-0.2, 0) is 4.79 Å². The van der Waals surface area contributed by atoms with Gasteiger partial charge in [-0.05, 0) is 68.9 Å². The number of amides is 1. The van der Waals surface area contributed by atoms with Gasteiger partial charge in [0.1, 0.15) is 0 Å². The summed E-state index contributed by atoms with van der Waals surface area (Å²) in [6, 6.07) is 10.8. The third-order valence-electron chi connectivity index (χ3n) is 5.49. The Morgan fingerprint density at radius 3 is 2.62 bits per heavy atom. The summed E-state index contributed by atoms with van der Waals surface area (Å²) >= 11 is 0. The molecule has 0 bridgehead atoms. The Hall–Kier alpha value is -2.43. The first-order valence-corrected chi connectivity index (χ1v) is 9.57. The molecule has 0 spiro atoms. The van der Waals surface area contributed by atoms with Crippen LogP contribution in [0.5, 0.6) is 0 Å². The van der Waals surface area contributed by atoms with Crippen LogP contribution >= 0.6 is 0 Å². The maximum Gasteiger partial charge on any atom is 0.225 e. The number of anilines is 1. The van der Waals surface area contributed by atoms with Crippen molar-refractivity contribution in [1.82, 2.24) is 15.5 Å². The first-order valence-electron chi connectivity index (χ1n) is 9.57. The first kappa shape index (κ1) is 17.0. The monoisotopic (exact) mass is 350 g/mol. The van der Waals surface area contributed by atoms with Gasteiger partial charge in [-0.2, -0.15) is 0 Å². The van der Waals surface area contributed by atoms with Gasteiger partial charge in [-0.3, -0.25) is 4.79 Å². The quantitative estimate of drug-likeness (QED) is 0.919. The van der Waals surface area contributed by atoms with Gasteiger partial charge >= 0.3 is 0 Å². The topological polar surface area (TPSA) is 58.1 Å². The van der Waals surface area contributed by atoms with Crippen molar-refractivity contribution in [1.29, 1.82) is 0 Å². The largest absolute Gasteiger partial charge is 0.354 e. The minimum Gasteiger partial charge on any atom is -0.354 e. The molecule has 5 nitrogen and oxygen atoms in total. The Balaban J connectivity index is 1.45. The third-order valence-corrected chi connectivity index (χ3v) is 5.49. The van der Waals surface area contributed by atoms with Crippen molar-refractivity contribution in [2.24, 2.45) is 5.92 Å². The van der Waals surface area contributed by atoms with E-state index >= 15 is 0 Å². The molecule has 2 aliphatic rings. The second-order valence-electron chi connectivity index (χ2n) is 7.64. The van der Waals surface area contributed by atoms with Gasteiger partial charge in [-0.1, -0.05) is 12.1 Å². The molecule has 1 aliphatic carbocycles. The Morgan fingerprint density at radius 2 is 1.92 bits per heavy atom. The van der Waals surface area contributed by atoms with Crippen molar-refractivity contribution in [3.63, 3.8) is 0 Å². The molecule has 26 heavy (non-hydrogen) atoms. The summed E-state index contributed by atoms with van der Waals surface area (Å²) in [5.74, 6) is 1.13. The van der Waals surface area contributed by atoms with Gasteiger partial charge in [0.2, 0.25) is 5.91 Å². The van der Waals surface area contributed by atoms with E-state index in [0.29, 0.717) is 6.04 Å². The number of carbonyl (C=O) groups is 1. The highest BCUT2D eigenvalue weighted by Crippen LogP contribution is 2.26. The van der Waals surface area contributed by atoms with Crippen LogP contribution in [0, 0.1) is 19.8 Å². The van der Waals surface area contributed by atoms with Crippen molar-refractivity contribution in [2.75, 3.05) is 18.0 Å². The Morgan fingerprint density at radius 1 is 1.08 bits per heavy atom. The van der Waals surface area contributed by atoms with E-state index in [1.165, 1.54) is 11.1 Å². The molecule has 136 valence electrons. The number of rotatable bonds is 4. The van der Waals surface area contributed by atoms with Crippen LogP contribution in [-0.4, -0.2) is 35.2 Å². The van der Waals surface area contributed by atoms with Gasteiger partial charge < -0.3 is 10.2 Å². The molecular weight excluding hydrogens is 324 g/mol. The first-order chi connectivity index (χ1) is 12.6. The molecule has 1 N–H and O–H groups in total. The van der Waals surface area contributed by atoms with Crippen LogP contribution in [0.4, 0.5) is 5.82 Å². The lowest BCUT2D eigenvalue weighted by molar-refractivity contribution is -0.125. The average molecular weight is 350 g/mol. The molecule has 1 aromatic heterocycles. The number of piperidine rings is 1. The van der Waals surface area contributed by atoms with Gasteiger partial charge in [0.05, 0.1) is 11.6 Å². The van der Waals surface area contributed by atoms with Crippen molar-refractivity contribution < 1.29 is 4.79 Å². The van der Waals surface area contributed by atoms with E-state index in [9.17, 15) is 4.79 Å².